The summed E-state index contributed by atoms with van der Waals surface area (Å²) in [6.07, 6.45) is 5.17. The predicted octanol–water partition coefficient (Wildman–Crippen LogP) is 2.74. The van der Waals surface area contributed by atoms with E-state index in [1.165, 1.54) is 6.42 Å². The Kier molecular flexibility index (Phi) is 6.33. The summed E-state index contributed by atoms with van der Waals surface area (Å²) in [5.74, 6) is 0.0822. The van der Waals surface area contributed by atoms with Gasteiger partial charge in [-0.25, -0.2) is 9.98 Å². The van der Waals surface area contributed by atoms with Crippen molar-refractivity contribution in [2.45, 2.75) is 32.1 Å². The average Bonchev–Trinajstić information content (AvgIpc) is 2.70. The smallest absolute Gasteiger partial charge is 0.234 e. The topological polar surface area (TPSA) is 149 Å². The van der Waals surface area contributed by atoms with Gasteiger partial charge in [0.05, 0.1) is 11.4 Å². The highest BCUT2D eigenvalue weighted by atomic mass is 16.2. The minimum Gasteiger partial charge on any atom is -0.370 e. The highest BCUT2D eigenvalue weighted by molar-refractivity contribution is 6.02. The van der Waals surface area contributed by atoms with E-state index < -0.39 is 0 Å². The number of anilines is 2. The summed E-state index contributed by atoms with van der Waals surface area (Å²) in [6.45, 7) is 0. The summed E-state index contributed by atoms with van der Waals surface area (Å²) in [4.78, 5) is 23.2. The van der Waals surface area contributed by atoms with Gasteiger partial charge in [0.2, 0.25) is 5.91 Å². The molecular weight excluding hydrogens is 366 g/mol. The Morgan fingerprint density at radius 3 is 1.52 bits per heavy atom. The number of guanidine groups is 2. The fourth-order valence-electron chi connectivity index (χ4n) is 3.59. The predicted molar refractivity (Wildman–Crippen MR) is 118 cm³/mol. The molecule has 0 aliphatic heterocycles. The van der Waals surface area contributed by atoms with E-state index >= 15 is 0 Å². The van der Waals surface area contributed by atoms with Crippen LogP contribution in [0.2, 0.25) is 0 Å². The first kappa shape index (κ1) is 20.2. The number of nitrogens with two attached hydrogens (primary N) is 4. The Balaban J connectivity index is 1.96. The summed E-state index contributed by atoms with van der Waals surface area (Å²) in [7, 11) is 0. The Bertz CT molecular complexity index is 828. The lowest BCUT2D eigenvalue weighted by Crippen LogP contribution is -2.33. The second-order valence-electron chi connectivity index (χ2n) is 7.11. The quantitative estimate of drug-likeness (QED) is 0.455. The van der Waals surface area contributed by atoms with Gasteiger partial charge in [-0.15, -0.1) is 0 Å². The van der Waals surface area contributed by atoms with Gasteiger partial charge in [0.25, 0.3) is 0 Å². The van der Waals surface area contributed by atoms with Crippen molar-refractivity contribution < 1.29 is 4.79 Å². The minimum atomic E-state index is -0.0109. The molecule has 1 amide bonds. The van der Waals surface area contributed by atoms with Crippen molar-refractivity contribution >= 4 is 40.6 Å². The monoisotopic (exact) mass is 393 g/mol. The molecule has 0 aromatic heterocycles. The zero-order chi connectivity index (χ0) is 20.8. The second kappa shape index (κ2) is 9.09. The van der Waals surface area contributed by atoms with Crippen molar-refractivity contribution in [3.63, 3.8) is 0 Å². The molecular formula is C21H27N7O. The fraction of sp³-hybridized carbons (Fsp3) is 0.286. The lowest BCUT2D eigenvalue weighted by Gasteiger charge is -2.29. The minimum absolute atomic E-state index is 0.0109. The van der Waals surface area contributed by atoms with Gasteiger partial charge in [-0.2, -0.15) is 0 Å². The molecule has 2 aromatic carbocycles. The number of hydrogen-bond acceptors (Lipinski definition) is 3. The van der Waals surface area contributed by atoms with Crippen molar-refractivity contribution in [1.29, 1.82) is 0 Å². The number of aliphatic imine (C=N–C) groups is 2. The van der Waals surface area contributed by atoms with Gasteiger partial charge in [-0.1, -0.05) is 19.3 Å². The van der Waals surface area contributed by atoms with E-state index in [1.54, 1.807) is 29.2 Å². The van der Waals surface area contributed by atoms with Crippen LogP contribution in [0.3, 0.4) is 0 Å². The summed E-state index contributed by atoms with van der Waals surface area (Å²) < 4.78 is 0. The zero-order valence-electron chi connectivity index (χ0n) is 16.3. The van der Waals surface area contributed by atoms with Crippen LogP contribution in [-0.4, -0.2) is 17.8 Å². The summed E-state index contributed by atoms with van der Waals surface area (Å²) in [6, 6.07) is 14.5. The van der Waals surface area contributed by atoms with Crippen LogP contribution in [0.25, 0.3) is 0 Å². The Hall–Kier alpha value is -3.55. The van der Waals surface area contributed by atoms with E-state index in [0.717, 1.165) is 37.1 Å². The van der Waals surface area contributed by atoms with E-state index in [1.807, 2.05) is 24.3 Å². The molecule has 3 rings (SSSR count). The maximum Gasteiger partial charge on any atom is 0.234 e. The number of rotatable bonds is 5. The number of benzene rings is 2. The van der Waals surface area contributed by atoms with Crippen LogP contribution in [0.4, 0.5) is 22.7 Å². The van der Waals surface area contributed by atoms with Crippen LogP contribution in [0.15, 0.2) is 58.5 Å². The Morgan fingerprint density at radius 2 is 1.14 bits per heavy atom. The maximum absolute atomic E-state index is 13.4. The van der Waals surface area contributed by atoms with Crippen LogP contribution in [0, 0.1) is 5.92 Å². The zero-order valence-corrected chi connectivity index (χ0v) is 16.3. The van der Waals surface area contributed by atoms with Crippen LogP contribution in [-0.2, 0) is 4.79 Å². The molecule has 29 heavy (non-hydrogen) atoms. The molecule has 1 fully saturated rings. The van der Waals surface area contributed by atoms with Crippen LogP contribution < -0.4 is 27.8 Å². The first-order valence-electron chi connectivity index (χ1n) is 9.67. The molecule has 8 N–H and O–H groups in total. The molecule has 2 aromatic rings. The van der Waals surface area contributed by atoms with E-state index in [-0.39, 0.29) is 23.7 Å². The van der Waals surface area contributed by atoms with E-state index in [9.17, 15) is 4.79 Å². The molecule has 0 bridgehead atoms. The van der Waals surface area contributed by atoms with Gasteiger partial charge >= 0.3 is 0 Å². The number of amides is 1. The van der Waals surface area contributed by atoms with Gasteiger partial charge in [0, 0.05) is 17.3 Å². The molecule has 0 atom stereocenters. The largest absolute Gasteiger partial charge is 0.370 e. The number of hydrogen-bond donors (Lipinski definition) is 4. The van der Waals surface area contributed by atoms with Crippen molar-refractivity contribution in [1.82, 2.24) is 0 Å². The highest BCUT2D eigenvalue weighted by Gasteiger charge is 2.28. The molecule has 0 radical (unpaired) electrons. The third kappa shape index (κ3) is 5.25. The van der Waals surface area contributed by atoms with Gasteiger partial charge in [0.15, 0.2) is 11.9 Å². The molecule has 0 heterocycles. The lowest BCUT2D eigenvalue weighted by molar-refractivity contribution is -0.122. The maximum atomic E-state index is 13.4. The van der Waals surface area contributed by atoms with Gasteiger partial charge < -0.3 is 22.9 Å². The molecule has 0 spiro atoms. The van der Waals surface area contributed by atoms with E-state index in [0.29, 0.717) is 11.4 Å². The van der Waals surface area contributed by atoms with Crippen molar-refractivity contribution in [2.24, 2.45) is 38.8 Å². The SMILES string of the molecule is NC(N)=Nc1ccc(N(C(=O)C2CCCCC2)c2ccc(N=C(N)N)cc2)cc1. The Labute approximate surface area is 170 Å². The molecule has 1 saturated carbocycles. The second-order valence-corrected chi connectivity index (χ2v) is 7.11. The lowest BCUT2D eigenvalue weighted by atomic mass is 9.88. The molecule has 0 saturated heterocycles. The number of nitrogens with zero attached hydrogens (tertiary/aromatic N) is 3. The molecule has 1 aliphatic carbocycles. The summed E-state index contributed by atoms with van der Waals surface area (Å²) in [5, 5.41) is 0. The first-order chi connectivity index (χ1) is 13.9. The molecule has 8 nitrogen and oxygen atoms in total. The van der Waals surface area contributed by atoms with Crippen LogP contribution >= 0.6 is 0 Å². The molecule has 1 aliphatic rings. The van der Waals surface area contributed by atoms with E-state index in [4.69, 9.17) is 22.9 Å². The third-order valence-corrected chi connectivity index (χ3v) is 4.91. The standard InChI is InChI=1S/C21H27N7O/c22-20(23)26-15-6-10-17(11-7-15)28(19(29)14-4-2-1-3-5-14)18-12-8-16(9-13-18)27-21(24)25/h6-14H,1-5H2,(H4,22,23,26)(H4,24,25,27). The van der Waals surface area contributed by atoms with Gasteiger partial charge in [-0.3, -0.25) is 9.69 Å². The van der Waals surface area contributed by atoms with Crippen molar-refractivity contribution in [2.75, 3.05) is 4.90 Å². The van der Waals surface area contributed by atoms with Gasteiger partial charge in [-0.05, 0) is 61.4 Å². The van der Waals surface area contributed by atoms with Crippen molar-refractivity contribution in [3.05, 3.63) is 48.5 Å². The average molecular weight is 393 g/mol. The van der Waals surface area contributed by atoms with Crippen LogP contribution in [0.5, 0.6) is 0 Å². The molecule has 8 heteroatoms. The number of carbonyl (C=O) groups is 1. The summed E-state index contributed by atoms with van der Waals surface area (Å²) >= 11 is 0. The van der Waals surface area contributed by atoms with Crippen LogP contribution in [0.1, 0.15) is 32.1 Å². The normalized spacial score (nSPS) is 14.1. The number of carbonyl (C=O) groups excluding carboxylic acids is 1. The summed E-state index contributed by atoms with van der Waals surface area (Å²) in [5.41, 5.74) is 24.5. The molecule has 152 valence electrons. The molecule has 0 unspecified atom stereocenters. The van der Waals surface area contributed by atoms with E-state index in [2.05, 4.69) is 9.98 Å². The third-order valence-electron chi connectivity index (χ3n) is 4.91. The first-order valence-corrected chi connectivity index (χ1v) is 9.67. The fourth-order valence-corrected chi connectivity index (χ4v) is 3.59. The highest BCUT2D eigenvalue weighted by Crippen LogP contribution is 2.34. The Morgan fingerprint density at radius 1 is 0.724 bits per heavy atom. The van der Waals surface area contributed by atoms with Crippen molar-refractivity contribution in [3.8, 4) is 0 Å². The van der Waals surface area contributed by atoms with Gasteiger partial charge in [0.1, 0.15) is 0 Å².